The van der Waals surface area contributed by atoms with Crippen LogP contribution in [-0.4, -0.2) is 25.9 Å². The maximum Gasteiger partial charge on any atom is 0.142 e. The summed E-state index contributed by atoms with van der Waals surface area (Å²) < 4.78 is 11.2. The molecule has 100 valence electrons. The molecule has 0 spiro atoms. The van der Waals surface area contributed by atoms with Gasteiger partial charge in [-0.1, -0.05) is 18.5 Å². The van der Waals surface area contributed by atoms with Crippen LogP contribution in [0.4, 0.5) is 5.69 Å². The zero-order valence-electron chi connectivity index (χ0n) is 10.7. The van der Waals surface area contributed by atoms with Crippen LogP contribution >= 0.6 is 11.6 Å². The molecule has 1 aromatic rings. The second kappa shape index (κ2) is 6.86. The van der Waals surface area contributed by atoms with Crippen molar-refractivity contribution in [2.24, 2.45) is 0 Å². The Bertz CT molecular complexity index is 378. The van der Waals surface area contributed by atoms with Gasteiger partial charge in [0, 0.05) is 17.7 Å². The first kappa shape index (κ1) is 13.5. The molecule has 0 aromatic heterocycles. The molecule has 1 aliphatic rings. The van der Waals surface area contributed by atoms with Crippen LogP contribution in [0.5, 0.6) is 5.75 Å². The monoisotopic (exact) mass is 269 g/mol. The number of hydrogen-bond acceptors (Lipinski definition) is 3. The average molecular weight is 270 g/mol. The normalized spacial score (nSPS) is 19.6. The zero-order valence-corrected chi connectivity index (χ0v) is 11.5. The standard InChI is InChI=1S/C14H20ClNO2/c1-2-7-18-14-6-5-11(15)9-13(14)16-12-4-3-8-17-10-12/h5-6,9,12,16H,2-4,7-8,10H2,1H3. The summed E-state index contributed by atoms with van der Waals surface area (Å²) in [4.78, 5) is 0. The van der Waals surface area contributed by atoms with Gasteiger partial charge in [0.1, 0.15) is 5.75 Å². The lowest BCUT2D eigenvalue weighted by Crippen LogP contribution is -2.30. The van der Waals surface area contributed by atoms with Gasteiger partial charge in [0.05, 0.1) is 18.9 Å². The van der Waals surface area contributed by atoms with Gasteiger partial charge in [-0.25, -0.2) is 0 Å². The highest BCUT2D eigenvalue weighted by molar-refractivity contribution is 6.30. The van der Waals surface area contributed by atoms with Crippen molar-refractivity contribution in [2.45, 2.75) is 32.2 Å². The number of benzene rings is 1. The minimum atomic E-state index is 0.348. The molecule has 0 aliphatic carbocycles. The number of nitrogens with one attached hydrogen (secondary N) is 1. The molecule has 1 aliphatic heterocycles. The van der Waals surface area contributed by atoms with Crippen LogP contribution in [0.2, 0.25) is 5.02 Å². The summed E-state index contributed by atoms with van der Waals surface area (Å²) in [5, 5.41) is 4.19. The van der Waals surface area contributed by atoms with Crippen LogP contribution in [0, 0.1) is 0 Å². The lowest BCUT2D eigenvalue weighted by atomic mass is 10.1. The van der Waals surface area contributed by atoms with E-state index >= 15 is 0 Å². The highest BCUT2D eigenvalue weighted by Gasteiger charge is 2.15. The highest BCUT2D eigenvalue weighted by Crippen LogP contribution is 2.29. The SMILES string of the molecule is CCCOc1ccc(Cl)cc1NC1CCCOC1. The number of anilines is 1. The van der Waals surface area contributed by atoms with E-state index in [2.05, 4.69) is 12.2 Å². The van der Waals surface area contributed by atoms with Gasteiger partial charge in [-0.15, -0.1) is 0 Å². The molecule has 0 bridgehead atoms. The third-order valence-electron chi connectivity index (χ3n) is 2.92. The Kier molecular flexibility index (Phi) is 5.14. The maximum atomic E-state index is 6.04. The van der Waals surface area contributed by atoms with E-state index in [4.69, 9.17) is 21.1 Å². The Morgan fingerprint density at radius 3 is 3.11 bits per heavy atom. The molecule has 0 radical (unpaired) electrons. The summed E-state index contributed by atoms with van der Waals surface area (Å²) in [5.74, 6) is 0.867. The number of rotatable bonds is 5. The van der Waals surface area contributed by atoms with Crippen molar-refractivity contribution in [3.05, 3.63) is 23.2 Å². The molecule has 2 rings (SSSR count). The molecular formula is C14H20ClNO2. The minimum absolute atomic E-state index is 0.348. The topological polar surface area (TPSA) is 30.5 Å². The predicted molar refractivity (Wildman–Crippen MR) is 74.7 cm³/mol. The summed E-state index contributed by atoms with van der Waals surface area (Å²) in [6.45, 7) is 4.43. The third kappa shape index (κ3) is 3.79. The van der Waals surface area contributed by atoms with Crippen LogP contribution in [0.3, 0.4) is 0 Å². The summed E-state index contributed by atoms with van der Waals surface area (Å²) >= 11 is 6.04. The van der Waals surface area contributed by atoms with Crippen LogP contribution < -0.4 is 10.1 Å². The quantitative estimate of drug-likeness (QED) is 0.884. The first-order valence-corrected chi connectivity index (χ1v) is 6.94. The molecule has 1 fully saturated rings. The second-order valence-electron chi connectivity index (χ2n) is 4.55. The fourth-order valence-electron chi connectivity index (χ4n) is 2.03. The first-order valence-electron chi connectivity index (χ1n) is 6.56. The van der Waals surface area contributed by atoms with Crippen LogP contribution in [0.15, 0.2) is 18.2 Å². The van der Waals surface area contributed by atoms with Gasteiger partial charge < -0.3 is 14.8 Å². The predicted octanol–water partition coefficient (Wildman–Crippen LogP) is 3.72. The van der Waals surface area contributed by atoms with Gasteiger partial charge >= 0.3 is 0 Å². The third-order valence-corrected chi connectivity index (χ3v) is 3.16. The number of halogens is 1. The lowest BCUT2D eigenvalue weighted by molar-refractivity contribution is 0.0875. The van der Waals surface area contributed by atoms with Gasteiger partial charge in [0.25, 0.3) is 0 Å². The van der Waals surface area contributed by atoms with Crippen LogP contribution in [0.25, 0.3) is 0 Å². The van der Waals surface area contributed by atoms with Crippen molar-refractivity contribution in [1.82, 2.24) is 0 Å². The van der Waals surface area contributed by atoms with Gasteiger partial charge in [-0.2, -0.15) is 0 Å². The number of ether oxygens (including phenoxy) is 2. The molecule has 4 heteroatoms. The van der Waals surface area contributed by atoms with Crippen molar-refractivity contribution in [1.29, 1.82) is 0 Å². The molecule has 1 aromatic carbocycles. The molecule has 1 atom stereocenters. The van der Waals surface area contributed by atoms with E-state index in [9.17, 15) is 0 Å². The van der Waals surface area contributed by atoms with Crippen molar-refractivity contribution >= 4 is 17.3 Å². The number of hydrogen-bond donors (Lipinski definition) is 1. The molecule has 1 N–H and O–H groups in total. The zero-order chi connectivity index (χ0) is 12.8. The van der Waals surface area contributed by atoms with Gasteiger partial charge in [-0.3, -0.25) is 0 Å². The lowest BCUT2D eigenvalue weighted by Gasteiger charge is -2.25. The molecule has 0 amide bonds. The Morgan fingerprint density at radius 1 is 1.50 bits per heavy atom. The summed E-state index contributed by atoms with van der Waals surface area (Å²) in [6, 6.07) is 6.04. The Balaban J connectivity index is 2.05. The minimum Gasteiger partial charge on any atom is -0.491 e. The van der Waals surface area contributed by atoms with E-state index in [0.29, 0.717) is 6.04 Å². The summed E-state index contributed by atoms with van der Waals surface area (Å²) in [5.41, 5.74) is 0.964. The van der Waals surface area contributed by atoms with E-state index in [1.807, 2.05) is 18.2 Å². The maximum absolute atomic E-state index is 6.04. The van der Waals surface area contributed by atoms with E-state index in [0.717, 1.165) is 55.5 Å². The second-order valence-corrected chi connectivity index (χ2v) is 4.98. The van der Waals surface area contributed by atoms with Gasteiger partial charge in [-0.05, 0) is 37.5 Å². The highest BCUT2D eigenvalue weighted by atomic mass is 35.5. The average Bonchev–Trinajstić information content (AvgIpc) is 2.39. The van der Waals surface area contributed by atoms with E-state index in [-0.39, 0.29) is 0 Å². The van der Waals surface area contributed by atoms with Crippen molar-refractivity contribution in [3.63, 3.8) is 0 Å². The van der Waals surface area contributed by atoms with Gasteiger partial charge in [0.2, 0.25) is 0 Å². The van der Waals surface area contributed by atoms with Crippen LogP contribution in [0.1, 0.15) is 26.2 Å². The van der Waals surface area contributed by atoms with E-state index in [1.165, 1.54) is 0 Å². The summed E-state index contributed by atoms with van der Waals surface area (Å²) in [6.07, 6.45) is 3.22. The molecule has 3 nitrogen and oxygen atoms in total. The summed E-state index contributed by atoms with van der Waals surface area (Å²) in [7, 11) is 0. The smallest absolute Gasteiger partial charge is 0.142 e. The van der Waals surface area contributed by atoms with E-state index in [1.54, 1.807) is 0 Å². The fraction of sp³-hybridized carbons (Fsp3) is 0.571. The van der Waals surface area contributed by atoms with Crippen molar-refractivity contribution in [3.8, 4) is 5.75 Å². The first-order chi connectivity index (χ1) is 8.79. The van der Waals surface area contributed by atoms with Crippen LogP contribution in [-0.2, 0) is 4.74 Å². The van der Waals surface area contributed by atoms with E-state index < -0.39 is 0 Å². The van der Waals surface area contributed by atoms with Crippen molar-refractivity contribution in [2.75, 3.05) is 25.1 Å². The Morgan fingerprint density at radius 2 is 2.39 bits per heavy atom. The molecule has 18 heavy (non-hydrogen) atoms. The fourth-order valence-corrected chi connectivity index (χ4v) is 2.20. The molecule has 1 saturated heterocycles. The molecular weight excluding hydrogens is 250 g/mol. The Labute approximate surface area is 113 Å². The van der Waals surface area contributed by atoms with Gasteiger partial charge in [0.15, 0.2) is 0 Å². The Hall–Kier alpha value is -0.930. The largest absolute Gasteiger partial charge is 0.491 e. The molecule has 1 unspecified atom stereocenters. The molecule has 1 heterocycles. The molecule has 0 saturated carbocycles. The van der Waals surface area contributed by atoms with Crippen molar-refractivity contribution < 1.29 is 9.47 Å².